The lowest BCUT2D eigenvalue weighted by molar-refractivity contribution is 0.112. The standard InChI is InChI=1S/C22H26FN3O2/c1-15-14-25(20-5-3-4-18(23)13-20)8-9-26(15)22(27)24-19-7-6-16-11-21(28-2)12-17(16)10-19/h3-7,10,13,15,21H,8-9,11-12,14H2,1-2H3,(H,24,27). The summed E-state index contributed by atoms with van der Waals surface area (Å²) >= 11 is 0. The van der Waals surface area contributed by atoms with Crippen molar-refractivity contribution in [3.05, 3.63) is 59.4 Å². The lowest BCUT2D eigenvalue weighted by Crippen LogP contribution is -2.55. The van der Waals surface area contributed by atoms with E-state index in [9.17, 15) is 9.18 Å². The monoisotopic (exact) mass is 383 g/mol. The highest BCUT2D eigenvalue weighted by Crippen LogP contribution is 2.27. The fourth-order valence-corrected chi connectivity index (χ4v) is 4.18. The Hall–Kier alpha value is -2.60. The molecule has 1 aliphatic heterocycles. The van der Waals surface area contributed by atoms with Crippen molar-refractivity contribution in [3.8, 4) is 0 Å². The topological polar surface area (TPSA) is 44.8 Å². The molecular formula is C22H26FN3O2. The first-order chi connectivity index (χ1) is 13.5. The highest BCUT2D eigenvalue weighted by molar-refractivity contribution is 5.90. The lowest BCUT2D eigenvalue weighted by Gasteiger charge is -2.40. The number of benzene rings is 2. The number of ether oxygens (including phenoxy) is 1. The summed E-state index contributed by atoms with van der Waals surface area (Å²) in [6.07, 6.45) is 2.05. The fourth-order valence-electron chi connectivity index (χ4n) is 4.18. The van der Waals surface area contributed by atoms with Gasteiger partial charge in [-0.3, -0.25) is 0 Å². The van der Waals surface area contributed by atoms with Crippen LogP contribution < -0.4 is 10.2 Å². The van der Waals surface area contributed by atoms with Gasteiger partial charge in [0, 0.05) is 44.2 Å². The van der Waals surface area contributed by atoms with Gasteiger partial charge in [0.05, 0.1) is 6.10 Å². The number of nitrogens with zero attached hydrogens (tertiary/aromatic N) is 2. The van der Waals surface area contributed by atoms with Gasteiger partial charge in [-0.2, -0.15) is 0 Å². The van der Waals surface area contributed by atoms with Crippen LogP contribution in [0.15, 0.2) is 42.5 Å². The first kappa shape index (κ1) is 18.7. The molecule has 2 aromatic carbocycles. The number of hydrogen-bond acceptors (Lipinski definition) is 3. The number of urea groups is 1. The quantitative estimate of drug-likeness (QED) is 0.879. The van der Waals surface area contributed by atoms with Gasteiger partial charge in [0.15, 0.2) is 0 Å². The summed E-state index contributed by atoms with van der Waals surface area (Å²) in [5.41, 5.74) is 4.22. The van der Waals surface area contributed by atoms with Crippen molar-refractivity contribution in [2.45, 2.75) is 31.9 Å². The van der Waals surface area contributed by atoms with E-state index in [4.69, 9.17) is 4.74 Å². The molecule has 1 N–H and O–H groups in total. The van der Waals surface area contributed by atoms with Crippen molar-refractivity contribution in [3.63, 3.8) is 0 Å². The van der Waals surface area contributed by atoms with E-state index in [2.05, 4.69) is 22.3 Å². The molecular weight excluding hydrogens is 357 g/mol. The molecule has 1 saturated heterocycles. The minimum atomic E-state index is -0.238. The molecule has 148 valence electrons. The Morgan fingerprint density at radius 2 is 1.96 bits per heavy atom. The van der Waals surface area contributed by atoms with Crippen LogP contribution in [0.1, 0.15) is 18.1 Å². The van der Waals surface area contributed by atoms with E-state index >= 15 is 0 Å². The van der Waals surface area contributed by atoms with Crippen molar-refractivity contribution in [2.24, 2.45) is 0 Å². The normalized spacial score (nSPS) is 21.5. The third-order valence-corrected chi connectivity index (χ3v) is 5.75. The number of anilines is 2. The van der Waals surface area contributed by atoms with Gasteiger partial charge in [-0.25, -0.2) is 9.18 Å². The molecule has 0 spiro atoms. The maximum atomic E-state index is 13.5. The highest BCUT2D eigenvalue weighted by atomic mass is 19.1. The van der Waals surface area contributed by atoms with E-state index in [0.717, 1.165) is 24.2 Å². The largest absolute Gasteiger partial charge is 0.381 e. The number of piperazine rings is 1. The second kappa shape index (κ2) is 7.80. The average molecular weight is 383 g/mol. The number of hydrogen-bond donors (Lipinski definition) is 1. The van der Waals surface area contributed by atoms with E-state index in [1.807, 2.05) is 24.0 Å². The summed E-state index contributed by atoms with van der Waals surface area (Å²) in [4.78, 5) is 16.8. The summed E-state index contributed by atoms with van der Waals surface area (Å²) in [5.74, 6) is -0.238. The highest BCUT2D eigenvalue weighted by Gasteiger charge is 2.28. The van der Waals surface area contributed by atoms with Crippen molar-refractivity contribution in [1.29, 1.82) is 0 Å². The van der Waals surface area contributed by atoms with Crippen LogP contribution >= 0.6 is 0 Å². The van der Waals surface area contributed by atoms with Crippen molar-refractivity contribution in [1.82, 2.24) is 4.90 Å². The van der Waals surface area contributed by atoms with Crippen LogP contribution in [0.5, 0.6) is 0 Å². The van der Waals surface area contributed by atoms with Crippen molar-refractivity contribution in [2.75, 3.05) is 37.0 Å². The molecule has 0 radical (unpaired) electrons. The first-order valence-electron chi connectivity index (χ1n) is 9.76. The van der Waals surface area contributed by atoms with E-state index in [1.54, 1.807) is 19.2 Å². The number of rotatable bonds is 3. The second-order valence-corrected chi connectivity index (χ2v) is 7.65. The average Bonchev–Trinajstić information content (AvgIpc) is 3.10. The molecule has 28 heavy (non-hydrogen) atoms. The van der Waals surface area contributed by atoms with Crippen LogP contribution in [0.3, 0.4) is 0 Å². The summed E-state index contributed by atoms with van der Waals surface area (Å²) in [7, 11) is 1.74. The zero-order chi connectivity index (χ0) is 19.7. The van der Waals surface area contributed by atoms with E-state index < -0.39 is 0 Å². The summed E-state index contributed by atoms with van der Waals surface area (Å²) in [5, 5.41) is 3.04. The third kappa shape index (κ3) is 3.83. The number of carbonyl (C=O) groups is 1. The van der Waals surface area contributed by atoms with Crippen LogP contribution in [0.25, 0.3) is 0 Å². The Labute approximate surface area is 165 Å². The Bertz CT molecular complexity index is 873. The molecule has 2 unspecified atom stereocenters. The molecule has 6 heteroatoms. The molecule has 5 nitrogen and oxygen atoms in total. The number of carbonyl (C=O) groups excluding carboxylic acids is 1. The van der Waals surface area contributed by atoms with Crippen LogP contribution in [0.4, 0.5) is 20.6 Å². The molecule has 2 atom stereocenters. The zero-order valence-electron chi connectivity index (χ0n) is 16.3. The summed E-state index contributed by atoms with van der Waals surface area (Å²) in [6.45, 7) is 3.98. The number of amides is 2. The van der Waals surface area contributed by atoms with Gasteiger partial charge >= 0.3 is 6.03 Å². The molecule has 2 aromatic rings. The fraction of sp³-hybridized carbons (Fsp3) is 0.409. The molecule has 0 bridgehead atoms. The Balaban J connectivity index is 1.38. The number of nitrogens with one attached hydrogen (secondary N) is 1. The predicted molar refractivity (Wildman–Crippen MR) is 108 cm³/mol. The Morgan fingerprint density at radius 1 is 1.14 bits per heavy atom. The molecule has 4 rings (SSSR count). The first-order valence-corrected chi connectivity index (χ1v) is 9.76. The maximum Gasteiger partial charge on any atom is 0.322 e. The maximum absolute atomic E-state index is 13.5. The number of fused-ring (bicyclic) bond motifs is 1. The van der Waals surface area contributed by atoms with Crippen molar-refractivity contribution < 1.29 is 13.9 Å². The van der Waals surface area contributed by atoms with Crippen LogP contribution in [0.2, 0.25) is 0 Å². The summed E-state index contributed by atoms with van der Waals surface area (Å²) in [6, 6.07) is 12.6. The lowest BCUT2D eigenvalue weighted by atomic mass is 10.1. The van der Waals surface area contributed by atoms with Crippen LogP contribution in [-0.2, 0) is 17.6 Å². The Morgan fingerprint density at radius 3 is 2.71 bits per heavy atom. The van der Waals surface area contributed by atoms with Crippen LogP contribution in [0, 0.1) is 5.82 Å². The van der Waals surface area contributed by atoms with E-state index in [-0.39, 0.29) is 24.0 Å². The minimum absolute atomic E-state index is 0.0318. The van der Waals surface area contributed by atoms with Crippen molar-refractivity contribution >= 4 is 17.4 Å². The van der Waals surface area contributed by atoms with Gasteiger partial charge in [-0.05, 0) is 61.2 Å². The molecule has 0 saturated carbocycles. The molecule has 1 heterocycles. The molecule has 1 aliphatic carbocycles. The third-order valence-electron chi connectivity index (χ3n) is 5.75. The zero-order valence-corrected chi connectivity index (χ0v) is 16.3. The predicted octanol–water partition coefficient (Wildman–Crippen LogP) is 3.68. The molecule has 2 amide bonds. The van der Waals surface area contributed by atoms with Gasteiger partial charge in [0.25, 0.3) is 0 Å². The molecule has 2 aliphatic rings. The minimum Gasteiger partial charge on any atom is -0.381 e. The second-order valence-electron chi connectivity index (χ2n) is 7.65. The van der Waals surface area contributed by atoms with Gasteiger partial charge in [0.2, 0.25) is 0 Å². The molecule has 0 aromatic heterocycles. The van der Waals surface area contributed by atoms with Gasteiger partial charge in [-0.15, -0.1) is 0 Å². The number of halogens is 1. The van der Waals surface area contributed by atoms with Gasteiger partial charge < -0.3 is 19.9 Å². The number of methoxy groups -OCH3 is 1. The smallest absolute Gasteiger partial charge is 0.322 e. The van der Waals surface area contributed by atoms with E-state index in [0.29, 0.717) is 19.6 Å². The van der Waals surface area contributed by atoms with Gasteiger partial charge in [-0.1, -0.05) is 12.1 Å². The Kier molecular flexibility index (Phi) is 5.22. The SMILES string of the molecule is COC1Cc2ccc(NC(=O)N3CCN(c4cccc(F)c4)CC3C)cc2C1. The van der Waals surface area contributed by atoms with E-state index in [1.165, 1.54) is 17.2 Å². The molecule has 1 fully saturated rings. The van der Waals surface area contributed by atoms with Crippen LogP contribution in [-0.4, -0.2) is 49.8 Å². The summed E-state index contributed by atoms with van der Waals surface area (Å²) < 4.78 is 19.0. The van der Waals surface area contributed by atoms with Gasteiger partial charge in [0.1, 0.15) is 5.82 Å².